The lowest BCUT2D eigenvalue weighted by atomic mass is 10.2. The van der Waals surface area contributed by atoms with Crippen molar-refractivity contribution >= 4 is 6.09 Å². The number of hydrogen-bond acceptors (Lipinski definition) is 4. The number of ether oxygens (including phenoxy) is 2. The maximum absolute atomic E-state index is 11.4. The summed E-state index contributed by atoms with van der Waals surface area (Å²) in [7, 11) is 1.52. The Morgan fingerprint density at radius 3 is 2.71 bits per heavy atom. The van der Waals surface area contributed by atoms with Crippen molar-refractivity contribution in [1.82, 2.24) is 5.32 Å². The van der Waals surface area contributed by atoms with Gasteiger partial charge in [0.15, 0.2) is 0 Å². The number of carbonyl (C=O) groups is 1. The molecule has 5 heteroatoms. The number of rotatable bonds is 3. The summed E-state index contributed by atoms with van der Waals surface area (Å²) in [5, 5.41) is 12.0. The van der Waals surface area contributed by atoms with Crippen LogP contribution in [0, 0.1) is 11.8 Å². The minimum atomic E-state index is -0.505. The standard InChI is InChI=1S/C16H21NO4/c1-16(2,3)21-15(19)17-10-6-5-7-12-8-9-13(18)11-14(12)20-4/h8-9,11,18H,6,10H2,1-4H3,(H,17,19). The second-order valence-corrected chi connectivity index (χ2v) is 5.37. The van der Waals surface area contributed by atoms with Gasteiger partial charge in [0.2, 0.25) is 0 Å². The van der Waals surface area contributed by atoms with Crippen LogP contribution in [0.15, 0.2) is 18.2 Å². The molecule has 0 aliphatic heterocycles. The Bertz CT molecular complexity index is 550. The average Bonchev–Trinajstić information content (AvgIpc) is 2.37. The lowest BCUT2D eigenvalue weighted by Gasteiger charge is -2.19. The maximum atomic E-state index is 11.4. The van der Waals surface area contributed by atoms with Crippen molar-refractivity contribution in [3.63, 3.8) is 0 Å². The first-order valence-corrected chi connectivity index (χ1v) is 6.64. The monoisotopic (exact) mass is 291 g/mol. The van der Waals surface area contributed by atoms with Crippen LogP contribution in [0.1, 0.15) is 32.8 Å². The molecule has 1 aromatic rings. The van der Waals surface area contributed by atoms with Crippen LogP contribution in [0.2, 0.25) is 0 Å². The Labute approximate surface area is 125 Å². The number of alkyl carbamates (subject to hydrolysis) is 1. The van der Waals surface area contributed by atoms with Gasteiger partial charge in [0.25, 0.3) is 0 Å². The molecule has 1 aromatic carbocycles. The molecular formula is C16H21NO4. The highest BCUT2D eigenvalue weighted by molar-refractivity contribution is 5.67. The fraction of sp³-hybridized carbons (Fsp3) is 0.438. The van der Waals surface area contributed by atoms with E-state index in [1.807, 2.05) is 20.8 Å². The first-order chi connectivity index (χ1) is 9.81. The van der Waals surface area contributed by atoms with Gasteiger partial charge < -0.3 is 19.9 Å². The largest absolute Gasteiger partial charge is 0.508 e. The van der Waals surface area contributed by atoms with E-state index in [4.69, 9.17) is 9.47 Å². The Morgan fingerprint density at radius 1 is 1.38 bits per heavy atom. The highest BCUT2D eigenvalue weighted by Crippen LogP contribution is 2.22. The summed E-state index contributed by atoms with van der Waals surface area (Å²) < 4.78 is 10.2. The molecule has 0 fully saturated rings. The Balaban J connectivity index is 2.45. The fourth-order valence-corrected chi connectivity index (χ4v) is 1.48. The van der Waals surface area contributed by atoms with Gasteiger partial charge in [-0.05, 0) is 32.9 Å². The zero-order valence-corrected chi connectivity index (χ0v) is 12.8. The van der Waals surface area contributed by atoms with E-state index in [2.05, 4.69) is 17.2 Å². The average molecular weight is 291 g/mol. The van der Waals surface area contributed by atoms with Gasteiger partial charge in [0.05, 0.1) is 12.7 Å². The van der Waals surface area contributed by atoms with E-state index in [1.165, 1.54) is 13.2 Å². The Hall–Kier alpha value is -2.35. The number of amides is 1. The van der Waals surface area contributed by atoms with E-state index < -0.39 is 11.7 Å². The summed E-state index contributed by atoms with van der Waals surface area (Å²) >= 11 is 0. The third-order valence-electron chi connectivity index (χ3n) is 2.33. The van der Waals surface area contributed by atoms with E-state index in [1.54, 1.807) is 12.1 Å². The molecule has 0 spiro atoms. The van der Waals surface area contributed by atoms with Crippen LogP contribution in [-0.2, 0) is 4.74 Å². The lowest BCUT2D eigenvalue weighted by molar-refractivity contribution is 0.0529. The summed E-state index contributed by atoms with van der Waals surface area (Å²) in [6.45, 7) is 5.83. The highest BCUT2D eigenvalue weighted by atomic mass is 16.6. The lowest BCUT2D eigenvalue weighted by Crippen LogP contribution is -2.32. The number of phenolic OH excluding ortho intramolecular Hbond substituents is 1. The first kappa shape index (κ1) is 16.7. The summed E-state index contributed by atoms with van der Waals surface area (Å²) in [6, 6.07) is 4.73. The number of benzene rings is 1. The van der Waals surface area contributed by atoms with Crippen LogP contribution in [0.25, 0.3) is 0 Å². The van der Waals surface area contributed by atoms with E-state index in [0.717, 1.165) is 0 Å². The SMILES string of the molecule is COc1cc(O)ccc1C#CCCNC(=O)OC(C)(C)C. The van der Waals surface area contributed by atoms with Gasteiger partial charge in [-0.2, -0.15) is 0 Å². The van der Waals surface area contributed by atoms with Gasteiger partial charge in [-0.15, -0.1) is 0 Å². The van der Waals surface area contributed by atoms with E-state index >= 15 is 0 Å². The zero-order chi connectivity index (χ0) is 15.9. The second kappa shape index (κ2) is 7.44. The molecule has 0 atom stereocenters. The van der Waals surface area contributed by atoms with Crippen molar-refractivity contribution in [2.75, 3.05) is 13.7 Å². The molecule has 2 N–H and O–H groups in total. The smallest absolute Gasteiger partial charge is 0.407 e. The van der Waals surface area contributed by atoms with E-state index in [9.17, 15) is 9.90 Å². The van der Waals surface area contributed by atoms with Crippen LogP contribution in [0.4, 0.5) is 4.79 Å². The van der Waals surface area contributed by atoms with Crippen molar-refractivity contribution in [1.29, 1.82) is 0 Å². The molecule has 0 aliphatic rings. The van der Waals surface area contributed by atoms with Crippen LogP contribution in [0.3, 0.4) is 0 Å². The third-order valence-corrected chi connectivity index (χ3v) is 2.33. The molecular weight excluding hydrogens is 270 g/mol. The van der Waals surface area contributed by atoms with Crippen molar-refractivity contribution in [3.05, 3.63) is 23.8 Å². The molecule has 0 unspecified atom stereocenters. The minimum Gasteiger partial charge on any atom is -0.508 e. The molecule has 5 nitrogen and oxygen atoms in total. The molecule has 1 rings (SSSR count). The quantitative estimate of drug-likeness (QED) is 0.663. The molecule has 0 heterocycles. The summed E-state index contributed by atoms with van der Waals surface area (Å²) in [6.07, 6.45) is 0.0371. The predicted molar refractivity (Wildman–Crippen MR) is 80.4 cm³/mol. The topological polar surface area (TPSA) is 67.8 Å². The molecule has 1 amide bonds. The molecule has 21 heavy (non-hydrogen) atoms. The molecule has 0 saturated heterocycles. The zero-order valence-electron chi connectivity index (χ0n) is 12.8. The van der Waals surface area contributed by atoms with Crippen molar-refractivity contribution in [3.8, 4) is 23.3 Å². The summed E-state index contributed by atoms with van der Waals surface area (Å²) in [5.41, 5.74) is 0.183. The third kappa shape index (κ3) is 6.57. The molecule has 0 aromatic heterocycles. The normalized spacial score (nSPS) is 10.3. The van der Waals surface area contributed by atoms with Crippen LogP contribution in [0.5, 0.6) is 11.5 Å². The van der Waals surface area contributed by atoms with Crippen LogP contribution in [-0.4, -0.2) is 30.5 Å². The molecule has 0 bridgehead atoms. The van der Waals surface area contributed by atoms with Gasteiger partial charge in [0.1, 0.15) is 17.1 Å². The van der Waals surface area contributed by atoms with Gasteiger partial charge in [0, 0.05) is 19.0 Å². The van der Waals surface area contributed by atoms with E-state index in [-0.39, 0.29) is 5.75 Å². The second-order valence-electron chi connectivity index (χ2n) is 5.37. The molecule has 114 valence electrons. The first-order valence-electron chi connectivity index (χ1n) is 6.64. The fourth-order valence-electron chi connectivity index (χ4n) is 1.48. The number of aromatic hydroxyl groups is 1. The predicted octanol–water partition coefficient (Wildman–Crippen LogP) is 2.67. The molecule has 0 saturated carbocycles. The van der Waals surface area contributed by atoms with Crippen LogP contribution >= 0.6 is 0 Å². The number of nitrogens with one attached hydrogen (secondary N) is 1. The van der Waals surface area contributed by atoms with Gasteiger partial charge >= 0.3 is 6.09 Å². The number of carbonyl (C=O) groups excluding carboxylic acids is 1. The summed E-state index contributed by atoms with van der Waals surface area (Å²) in [5.74, 6) is 6.51. The minimum absolute atomic E-state index is 0.129. The Morgan fingerprint density at radius 2 is 2.10 bits per heavy atom. The number of phenols is 1. The van der Waals surface area contributed by atoms with Crippen LogP contribution < -0.4 is 10.1 Å². The van der Waals surface area contributed by atoms with Gasteiger partial charge in [-0.3, -0.25) is 0 Å². The molecule has 0 aliphatic carbocycles. The van der Waals surface area contributed by atoms with Crippen molar-refractivity contribution in [2.24, 2.45) is 0 Å². The van der Waals surface area contributed by atoms with Gasteiger partial charge in [-0.1, -0.05) is 11.8 Å². The Kier molecular flexibility index (Phi) is 5.92. The summed E-state index contributed by atoms with van der Waals surface area (Å²) in [4.78, 5) is 11.4. The highest BCUT2D eigenvalue weighted by Gasteiger charge is 2.15. The van der Waals surface area contributed by atoms with Crippen molar-refractivity contribution in [2.45, 2.75) is 32.8 Å². The van der Waals surface area contributed by atoms with E-state index in [0.29, 0.717) is 24.3 Å². The number of methoxy groups -OCH3 is 1. The molecule has 0 radical (unpaired) electrons. The maximum Gasteiger partial charge on any atom is 0.407 e. The van der Waals surface area contributed by atoms with Gasteiger partial charge in [-0.25, -0.2) is 4.79 Å². The number of hydrogen-bond donors (Lipinski definition) is 2. The van der Waals surface area contributed by atoms with Crippen molar-refractivity contribution < 1.29 is 19.4 Å².